The molecule has 1 heterocycles. The highest BCUT2D eigenvalue weighted by atomic mass is 16.6. The molecule has 1 atom stereocenters. The molecule has 1 unspecified atom stereocenters. The Morgan fingerprint density at radius 1 is 1.56 bits per heavy atom. The first-order valence-electron chi connectivity index (χ1n) is 6.02. The summed E-state index contributed by atoms with van der Waals surface area (Å²) in [6.45, 7) is 1.68. The van der Waals surface area contributed by atoms with Crippen molar-refractivity contribution in [1.82, 2.24) is 0 Å². The van der Waals surface area contributed by atoms with E-state index in [0.717, 1.165) is 25.9 Å². The molecule has 6 heteroatoms. The summed E-state index contributed by atoms with van der Waals surface area (Å²) in [6.07, 6.45) is 1.69. The van der Waals surface area contributed by atoms with Crippen LogP contribution in [0, 0.1) is 16.0 Å². The average molecular weight is 251 g/mol. The molecule has 0 radical (unpaired) electrons. The third-order valence-corrected chi connectivity index (χ3v) is 3.39. The van der Waals surface area contributed by atoms with E-state index < -0.39 is 4.92 Å². The number of aliphatic hydroxyl groups is 1. The molecular weight excluding hydrogens is 234 g/mol. The number of nitrogen functional groups attached to an aromatic ring is 1. The predicted molar refractivity (Wildman–Crippen MR) is 69.5 cm³/mol. The zero-order valence-electron chi connectivity index (χ0n) is 10.1. The molecular formula is C12H17N3O3. The lowest BCUT2D eigenvalue weighted by atomic mass is 10.1. The van der Waals surface area contributed by atoms with E-state index in [1.165, 1.54) is 0 Å². The summed E-state index contributed by atoms with van der Waals surface area (Å²) in [7, 11) is 0. The van der Waals surface area contributed by atoms with Crippen LogP contribution in [0.1, 0.15) is 12.8 Å². The van der Waals surface area contributed by atoms with Crippen LogP contribution < -0.4 is 10.6 Å². The minimum absolute atomic E-state index is 0.0119. The second-order valence-electron chi connectivity index (χ2n) is 4.59. The van der Waals surface area contributed by atoms with Crippen LogP contribution in [0.15, 0.2) is 18.2 Å². The van der Waals surface area contributed by atoms with Gasteiger partial charge >= 0.3 is 5.69 Å². The van der Waals surface area contributed by atoms with Crippen LogP contribution in [-0.2, 0) is 0 Å². The van der Waals surface area contributed by atoms with Gasteiger partial charge < -0.3 is 15.7 Å². The number of hydrogen-bond acceptors (Lipinski definition) is 5. The first-order chi connectivity index (χ1) is 8.63. The third kappa shape index (κ3) is 2.38. The lowest BCUT2D eigenvalue weighted by Crippen LogP contribution is -2.21. The molecule has 0 spiro atoms. The highest BCUT2D eigenvalue weighted by molar-refractivity contribution is 5.75. The number of nitrogens with zero attached hydrogens (tertiary/aromatic N) is 2. The van der Waals surface area contributed by atoms with Crippen LogP contribution in [0.2, 0.25) is 0 Å². The summed E-state index contributed by atoms with van der Waals surface area (Å²) in [6, 6.07) is 5.01. The van der Waals surface area contributed by atoms with Crippen molar-refractivity contribution in [1.29, 1.82) is 0 Å². The van der Waals surface area contributed by atoms with Crippen molar-refractivity contribution in [3.05, 3.63) is 28.3 Å². The van der Waals surface area contributed by atoms with Crippen molar-refractivity contribution in [2.24, 2.45) is 5.92 Å². The van der Waals surface area contributed by atoms with Crippen LogP contribution >= 0.6 is 0 Å². The number of nitro benzene ring substituents is 1. The van der Waals surface area contributed by atoms with Gasteiger partial charge in [-0.15, -0.1) is 0 Å². The minimum atomic E-state index is -0.427. The molecule has 1 aliphatic rings. The fourth-order valence-corrected chi connectivity index (χ4v) is 2.47. The molecule has 6 nitrogen and oxygen atoms in total. The van der Waals surface area contributed by atoms with Crippen molar-refractivity contribution < 1.29 is 10.0 Å². The van der Waals surface area contributed by atoms with Gasteiger partial charge in [-0.3, -0.25) is 10.1 Å². The number of benzene rings is 1. The van der Waals surface area contributed by atoms with E-state index >= 15 is 0 Å². The average Bonchev–Trinajstić information content (AvgIpc) is 2.77. The molecule has 18 heavy (non-hydrogen) atoms. The molecule has 0 aromatic heterocycles. The second-order valence-corrected chi connectivity index (χ2v) is 4.59. The van der Waals surface area contributed by atoms with Gasteiger partial charge in [0.1, 0.15) is 11.4 Å². The molecule has 1 aromatic carbocycles. The molecule has 0 amide bonds. The maximum Gasteiger partial charge on any atom is 0.315 e. The number of nitrogens with two attached hydrogens (primary N) is 1. The molecule has 98 valence electrons. The lowest BCUT2D eigenvalue weighted by Gasteiger charge is -2.19. The Balaban J connectivity index is 2.24. The third-order valence-electron chi connectivity index (χ3n) is 3.39. The van der Waals surface area contributed by atoms with Gasteiger partial charge in [-0.25, -0.2) is 0 Å². The van der Waals surface area contributed by atoms with Crippen LogP contribution in [0.4, 0.5) is 17.1 Å². The van der Waals surface area contributed by atoms with Gasteiger partial charge in [0.15, 0.2) is 0 Å². The monoisotopic (exact) mass is 251 g/mol. The Morgan fingerprint density at radius 2 is 2.33 bits per heavy atom. The number of anilines is 2. The van der Waals surface area contributed by atoms with Crippen molar-refractivity contribution in [3.8, 4) is 0 Å². The first kappa shape index (κ1) is 12.6. The highest BCUT2D eigenvalue weighted by Gasteiger charge is 2.28. The van der Waals surface area contributed by atoms with E-state index in [-0.39, 0.29) is 18.0 Å². The Kier molecular flexibility index (Phi) is 3.66. The van der Waals surface area contributed by atoms with E-state index in [2.05, 4.69) is 0 Å². The molecule has 0 aliphatic carbocycles. The van der Waals surface area contributed by atoms with Crippen LogP contribution in [0.25, 0.3) is 0 Å². The topological polar surface area (TPSA) is 92.6 Å². The Hall–Kier alpha value is -1.82. The molecule has 1 aliphatic heterocycles. The van der Waals surface area contributed by atoms with Gasteiger partial charge in [0.25, 0.3) is 0 Å². The fourth-order valence-electron chi connectivity index (χ4n) is 2.47. The molecule has 0 bridgehead atoms. The number of nitro groups is 1. The van der Waals surface area contributed by atoms with Gasteiger partial charge in [0.2, 0.25) is 0 Å². The van der Waals surface area contributed by atoms with Gasteiger partial charge in [-0.2, -0.15) is 0 Å². The van der Waals surface area contributed by atoms with E-state index in [1.807, 2.05) is 4.90 Å². The number of rotatable bonds is 4. The number of para-hydroxylation sites is 1. The Labute approximate surface area is 105 Å². The van der Waals surface area contributed by atoms with Gasteiger partial charge in [-0.1, -0.05) is 6.07 Å². The van der Waals surface area contributed by atoms with E-state index in [1.54, 1.807) is 18.2 Å². The summed E-state index contributed by atoms with van der Waals surface area (Å²) in [4.78, 5) is 12.6. The number of aliphatic hydroxyl groups excluding tert-OH is 1. The van der Waals surface area contributed by atoms with E-state index in [9.17, 15) is 10.1 Å². The van der Waals surface area contributed by atoms with E-state index in [4.69, 9.17) is 10.8 Å². The van der Waals surface area contributed by atoms with Gasteiger partial charge in [0, 0.05) is 19.7 Å². The van der Waals surface area contributed by atoms with E-state index in [0.29, 0.717) is 11.6 Å². The Morgan fingerprint density at radius 3 is 3.00 bits per heavy atom. The molecule has 3 N–H and O–H groups in total. The smallest absolute Gasteiger partial charge is 0.315 e. The summed E-state index contributed by atoms with van der Waals surface area (Å²) in [5.74, 6) is 0.399. The highest BCUT2D eigenvalue weighted by Crippen LogP contribution is 2.36. The van der Waals surface area contributed by atoms with Gasteiger partial charge in [-0.05, 0) is 30.9 Å². The van der Waals surface area contributed by atoms with Crippen LogP contribution in [0.3, 0.4) is 0 Å². The predicted octanol–water partition coefficient (Wildman–Crippen LogP) is 1.39. The quantitative estimate of drug-likeness (QED) is 0.479. The van der Waals surface area contributed by atoms with Crippen LogP contribution in [0.5, 0.6) is 0 Å². The second kappa shape index (κ2) is 5.22. The Bertz CT molecular complexity index is 450. The molecule has 2 rings (SSSR count). The molecule has 1 fully saturated rings. The largest absolute Gasteiger partial charge is 0.396 e. The van der Waals surface area contributed by atoms with Crippen molar-refractivity contribution >= 4 is 17.1 Å². The maximum atomic E-state index is 11.1. The molecule has 1 saturated heterocycles. The fraction of sp³-hybridized carbons (Fsp3) is 0.500. The van der Waals surface area contributed by atoms with Crippen molar-refractivity contribution in [2.45, 2.75) is 12.8 Å². The minimum Gasteiger partial charge on any atom is -0.396 e. The van der Waals surface area contributed by atoms with Crippen LogP contribution in [-0.4, -0.2) is 29.7 Å². The maximum absolute atomic E-state index is 11.1. The molecule has 0 saturated carbocycles. The summed E-state index contributed by atoms with van der Waals surface area (Å²) >= 11 is 0. The number of hydrogen-bond donors (Lipinski definition) is 2. The standard InChI is InChI=1S/C12H17N3O3/c13-10-2-1-3-11(12(10)15(17)18)14-6-4-9(8-14)5-7-16/h1-3,9,16H,4-8,13H2. The zero-order valence-corrected chi connectivity index (χ0v) is 10.1. The summed E-state index contributed by atoms with van der Waals surface area (Å²) < 4.78 is 0. The normalized spacial score (nSPS) is 19.2. The summed E-state index contributed by atoms with van der Waals surface area (Å²) in [5.41, 5.74) is 6.44. The summed E-state index contributed by atoms with van der Waals surface area (Å²) in [5, 5.41) is 20.0. The molecule has 1 aromatic rings. The van der Waals surface area contributed by atoms with Gasteiger partial charge in [0.05, 0.1) is 4.92 Å². The zero-order chi connectivity index (χ0) is 13.1. The van der Waals surface area contributed by atoms with Crippen molar-refractivity contribution in [2.75, 3.05) is 30.3 Å². The lowest BCUT2D eigenvalue weighted by molar-refractivity contribution is -0.383. The SMILES string of the molecule is Nc1cccc(N2CCC(CCO)C2)c1[N+](=O)[O-]. The van der Waals surface area contributed by atoms with Crippen molar-refractivity contribution in [3.63, 3.8) is 0 Å². The first-order valence-corrected chi connectivity index (χ1v) is 6.02.